The van der Waals surface area contributed by atoms with Gasteiger partial charge in [-0.3, -0.25) is 0 Å². The summed E-state index contributed by atoms with van der Waals surface area (Å²) in [5.41, 5.74) is 2.36. The van der Waals surface area contributed by atoms with Crippen molar-refractivity contribution in [2.24, 2.45) is 0 Å². The van der Waals surface area contributed by atoms with E-state index in [9.17, 15) is 5.11 Å². The molecule has 0 spiro atoms. The van der Waals surface area contributed by atoms with Gasteiger partial charge in [-0.15, -0.1) is 0 Å². The lowest BCUT2D eigenvalue weighted by Gasteiger charge is -2.25. The minimum Gasteiger partial charge on any atom is -0.385 e. The zero-order valence-corrected chi connectivity index (χ0v) is 16.9. The van der Waals surface area contributed by atoms with E-state index in [0.717, 1.165) is 54.4 Å². The van der Waals surface area contributed by atoms with Crippen molar-refractivity contribution in [1.29, 1.82) is 0 Å². The van der Waals surface area contributed by atoms with Crippen molar-refractivity contribution in [2.75, 3.05) is 32.7 Å². The lowest BCUT2D eigenvalue weighted by atomic mass is 9.91. The highest BCUT2D eigenvalue weighted by Gasteiger charge is 2.22. The Balaban J connectivity index is 1.87. The molecule has 0 radical (unpaired) electrons. The van der Waals surface area contributed by atoms with Gasteiger partial charge < -0.3 is 15.3 Å². The quantitative estimate of drug-likeness (QED) is 0.599. The standard InChI is InChI=1S/C22H31ClN2O/c1-4-25(5-2)17-16-24-15-14-22(3,26)20-10-6-18(7-11-20)19-8-12-21(23)13-9-19/h6-13,24,26H,4-5,14-17H2,1-3H3. The molecule has 0 aliphatic rings. The van der Waals surface area contributed by atoms with Crippen molar-refractivity contribution in [3.8, 4) is 11.1 Å². The molecule has 3 nitrogen and oxygen atoms in total. The van der Waals surface area contributed by atoms with Crippen LogP contribution in [0.1, 0.15) is 32.8 Å². The Bertz CT molecular complexity index is 649. The predicted molar refractivity (Wildman–Crippen MR) is 112 cm³/mol. The molecular weight excluding hydrogens is 344 g/mol. The molecule has 1 atom stereocenters. The van der Waals surface area contributed by atoms with Crippen molar-refractivity contribution in [3.63, 3.8) is 0 Å². The fourth-order valence-electron chi connectivity index (χ4n) is 3.04. The molecule has 0 bridgehead atoms. The first-order chi connectivity index (χ1) is 12.5. The van der Waals surface area contributed by atoms with Gasteiger partial charge in [-0.05, 0) is 61.8 Å². The van der Waals surface area contributed by atoms with Crippen LogP contribution in [0.4, 0.5) is 0 Å². The van der Waals surface area contributed by atoms with Gasteiger partial charge in [0.1, 0.15) is 0 Å². The van der Waals surface area contributed by atoms with Crippen LogP contribution in [-0.4, -0.2) is 42.7 Å². The maximum Gasteiger partial charge on any atom is 0.0880 e. The van der Waals surface area contributed by atoms with Crippen LogP contribution in [0.25, 0.3) is 11.1 Å². The molecule has 0 saturated heterocycles. The minimum atomic E-state index is -0.833. The molecule has 0 amide bonds. The highest BCUT2D eigenvalue weighted by molar-refractivity contribution is 6.30. The van der Waals surface area contributed by atoms with Gasteiger partial charge >= 0.3 is 0 Å². The van der Waals surface area contributed by atoms with E-state index in [1.807, 2.05) is 43.3 Å². The van der Waals surface area contributed by atoms with Crippen molar-refractivity contribution in [2.45, 2.75) is 32.8 Å². The minimum absolute atomic E-state index is 0.686. The number of halogens is 1. The van der Waals surface area contributed by atoms with E-state index in [1.165, 1.54) is 0 Å². The molecule has 0 saturated carbocycles. The predicted octanol–water partition coefficient (Wildman–Crippen LogP) is 4.54. The molecular formula is C22H31ClN2O. The summed E-state index contributed by atoms with van der Waals surface area (Å²) in [6.07, 6.45) is 0.686. The highest BCUT2D eigenvalue weighted by Crippen LogP contribution is 2.27. The lowest BCUT2D eigenvalue weighted by molar-refractivity contribution is 0.0479. The number of benzene rings is 2. The second-order valence-electron chi connectivity index (χ2n) is 6.88. The summed E-state index contributed by atoms with van der Waals surface area (Å²) in [7, 11) is 0. The fraction of sp³-hybridized carbons (Fsp3) is 0.455. The molecule has 4 heteroatoms. The molecule has 1 unspecified atom stereocenters. The highest BCUT2D eigenvalue weighted by atomic mass is 35.5. The molecule has 26 heavy (non-hydrogen) atoms. The average molecular weight is 375 g/mol. The third-order valence-electron chi connectivity index (χ3n) is 4.97. The van der Waals surface area contributed by atoms with Crippen LogP contribution in [0, 0.1) is 0 Å². The summed E-state index contributed by atoms with van der Waals surface area (Å²) in [5, 5.41) is 15.0. The molecule has 2 N–H and O–H groups in total. The number of hydrogen-bond acceptors (Lipinski definition) is 3. The third kappa shape index (κ3) is 6.10. The van der Waals surface area contributed by atoms with E-state index in [2.05, 4.69) is 36.2 Å². The van der Waals surface area contributed by atoms with Gasteiger partial charge in [0.25, 0.3) is 0 Å². The first kappa shape index (κ1) is 20.9. The van der Waals surface area contributed by atoms with Crippen LogP contribution < -0.4 is 5.32 Å². The summed E-state index contributed by atoms with van der Waals surface area (Å²) < 4.78 is 0. The normalized spacial score (nSPS) is 13.8. The molecule has 2 aromatic carbocycles. The van der Waals surface area contributed by atoms with Crippen LogP contribution >= 0.6 is 11.6 Å². The van der Waals surface area contributed by atoms with E-state index in [-0.39, 0.29) is 0 Å². The summed E-state index contributed by atoms with van der Waals surface area (Å²) >= 11 is 5.95. The second-order valence-corrected chi connectivity index (χ2v) is 7.32. The van der Waals surface area contributed by atoms with Crippen molar-refractivity contribution < 1.29 is 5.11 Å². The Labute approximate surface area is 163 Å². The van der Waals surface area contributed by atoms with Gasteiger partial charge in [0, 0.05) is 18.1 Å². The maximum absolute atomic E-state index is 10.8. The Morgan fingerprint density at radius 1 is 0.923 bits per heavy atom. The number of aliphatic hydroxyl groups is 1. The molecule has 0 fully saturated rings. The van der Waals surface area contributed by atoms with Crippen LogP contribution in [-0.2, 0) is 5.60 Å². The third-order valence-corrected chi connectivity index (χ3v) is 5.22. The van der Waals surface area contributed by atoms with Crippen LogP contribution in [0.5, 0.6) is 0 Å². The maximum atomic E-state index is 10.8. The van der Waals surface area contributed by atoms with E-state index < -0.39 is 5.60 Å². The van der Waals surface area contributed by atoms with Crippen LogP contribution in [0.15, 0.2) is 48.5 Å². The Kier molecular flexibility index (Phi) is 8.11. The number of likely N-dealkylation sites (N-methyl/N-ethyl adjacent to an activating group) is 1. The second kappa shape index (κ2) is 10.1. The summed E-state index contributed by atoms with van der Waals surface area (Å²) in [6.45, 7) is 11.2. The van der Waals surface area contributed by atoms with E-state index in [0.29, 0.717) is 6.42 Å². The smallest absolute Gasteiger partial charge is 0.0880 e. The Hall–Kier alpha value is -1.39. The Morgan fingerprint density at radius 2 is 1.46 bits per heavy atom. The average Bonchev–Trinajstić information content (AvgIpc) is 2.65. The number of nitrogens with one attached hydrogen (secondary N) is 1. The van der Waals surface area contributed by atoms with Crippen molar-refractivity contribution >= 4 is 11.6 Å². The fourth-order valence-corrected chi connectivity index (χ4v) is 3.17. The van der Waals surface area contributed by atoms with Gasteiger partial charge in [0.2, 0.25) is 0 Å². The molecule has 142 valence electrons. The van der Waals surface area contributed by atoms with Gasteiger partial charge in [0.05, 0.1) is 5.60 Å². The lowest BCUT2D eigenvalue weighted by Crippen LogP contribution is -2.34. The van der Waals surface area contributed by atoms with E-state index in [1.54, 1.807) is 0 Å². The van der Waals surface area contributed by atoms with Crippen molar-refractivity contribution in [1.82, 2.24) is 10.2 Å². The summed E-state index contributed by atoms with van der Waals surface area (Å²) in [5.74, 6) is 0. The van der Waals surface area contributed by atoms with Gasteiger partial charge in [-0.25, -0.2) is 0 Å². The zero-order chi connectivity index (χ0) is 19.0. The van der Waals surface area contributed by atoms with Gasteiger partial charge in [-0.2, -0.15) is 0 Å². The van der Waals surface area contributed by atoms with Crippen LogP contribution in [0.3, 0.4) is 0 Å². The number of hydrogen-bond donors (Lipinski definition) is 2. The number of rotatable bonds is 10. The Morgan fingerprint density at radius 3 is 2.00 bits per heavy atom. The monoisotopic (exact) mass is 374 g/mol. The first-order valence-electron chi connectivity index (χ1n) is 9.48. The van der Waals surface area contributed by atoms with Crippen LogP contribution in [0.2, 0.25) is 5.02 Å². The van der Waals surface area contributed by atoms with Gasteiger partial charge in [-0.1, -0.05) is 61.8 Å². The molecule has 0 aliphatic carbocycles. The van der Waals surface area contributed by atoms with Gasteiger partial charge in [0.15, 0.2) is 0 Å². The summed E-state index contributed by atoms with van der Waals surface area (Å²) in [6, 6.07) is 15.9. The van der Waals surface area contributed by atoms with E-state index >= 15 is 0 Å². The molecule has 0 heterocycles. The zero-order valence-electron chi connectivity index (χ0n) is 16.1. The first-order valence-corrected chi connectivity index (χ1v) is 9.86. The molecule has 2 rings (SSSR count). The molecule has 2 aromatic rings. The van der Waals surface area contributed by atoms with E-state index in [4.69, 9.17) is 11.6 Å². The SMILES string of the molecule is CCN(CC)CCNCCC(C)(O)c1ccc(-c2ccc(Cl)cc2)cc1. The molecule has 0 aliphatic heterocycles. The topological polar surface area (TPSA) is 35.5 Å². The molecule has 0 aromatic heterocycles. The van der Waals surface area contributed by atoms with Crippen molar-refractivity contribution in [3.05, 3.63) is 59.1 Å². The largest absolute Gasteiger partial charge is 0.385 e. The summed E-state index contributed by atoms with van der Waals surface area (Å²) in [4.78, 5) is 2.39. The number of nitrogens with zero attached hydrogens (tertiary/aromatic N) is 1.